The number of alkyl halides is 1. The summed E-state index contributed by atoms with van der Waals surface area (Å²) in [7, 11) is 0. The zero-order valence-corrected chi connectivity index (χ0v) is 13.7. The lowest BCUT2D eigenvalue weighted by Crippen LogP contribution is -2.36. The van der Waals surface area contributed by atoms with E-state index in [2.05, 4.69) is 25.3 Å². The lowest BCUT2D eigenvalue weighted by Gasteiger charge is -2.19. The Labute approximate surface area is 139 Å². The van der Waals surface area contributed by atoms with Crippen LogP contribution in [0.5, 0.6) is 0 Å². The topological polar surface area (TPSA) is 104 Å². The molecule has 0 radical (unpaired) electrons. The number of aliphatic carboxylic acids is 1. The molecule has 0 aliphatic rings. The van der Waals surface area contributed by atoms with Gasteiger partial charge >= 0.3 is 5.97 Å². The van der Waals surface area contributed by atoms with Crippen LogP contribution in [0.2, 0.25) is 0 Å². The minimum Gasteiger partial charge on any atom is -0.479 e. The molecule has 3 aromatic rings. The Morgan fingerprint density at radius 2 is 2.18 bits per heavy atom. The molecule has 0 amide bonds. The van der Waals surface area contributed by atoms with E-state index in [4.69, 9.17) is 0 Å². The van der Waals surface area contributed by atoms with Gasteiger partial charge in [0.1, 0.15) is 11.5 Å². The zero-order valence-electron chi connectivity index (χ0n) is 11.5. The van der Waals surface area contributed by atoms with Crippen LogP contribution in [-0.2, 0) is 4.79 Å². The fourth-order valence-corrected chi connectivity index (χ4v) is 2.27. The van der Waals surface area contributed by atoms with Gasteiger partial charge in [-0.15, -0.1) is 0 Å². The summed E-state index contributed by atoms with van der Waals surface area (Å²) in [6.45, 7) is 1.56. The maximum atomic E-state index is 11.2. The van der Waals surface area contributed by atoms with Gasteiger partial charge < -0.3 is 15.4 Å². The number of carboxylic acids is 1. The lowest BCUT2D eigenvalue weighted by atomic mass is 10.2. The fourth-order valence-electron chi connectivity index (χ4n) is 1.99. The molecule has 3 heterocycles. The molecule has 0 spiro atoms. The molecule has 0 bridgehead atoms. The molecule has 0 unspecified atom stereocenters. The zero-order chi connectivity index (χ0) is 15.7. The highest BCUT2D eigenvalue weighted by molar-refractivity contribution is 14.1. The maximum absolute atomic E-state index is 11.2. The first-order valence-corrected chi connectivity index (χ1v) is 7.51. The van der Waals surface area contributed by atoms with Gasteiger partial charge in [-0.3, -0.25) is 0 Å². The second-order valence-corrected chi connectivity index (χ2v) is 6.96. The van der Waals surface area contributed by atoms with Crippen LogP contribution in [0.25, 0.3) is 22.4 Å². The van der Waals surface area contributed by atoms with Gasteiger partial charge in [0.15, 0.2) is 9.37 Å². The van der Waals surface area contributed by atoms with Gasteiger partial charge in [0.25, 0.3) is 0 Å². The molecule has 3 rings (SSSR count). The highest BCUT2D eigenvalue weighted by Gasteiger charge is 2.29. The van der Waals surface area contributed by atoms with Gasteiger partial charge in [-0.25, -0.2) is 19.7 Å². The van der Waals surface area contributed by atoms with Gasteiger partial charge in [-0.05, 0) is 47.7 Å². The number of H-pyrrole nitrogens is 1. The van der Waals surface area contributed by atoms with E-state index in [0.29, 0.717) is 11.6 Å². The predicted molar refractivity (Wildman–Crippen MR) is 90.8 cm³/mol. The van der Waals surface area contributed by atoms with Crippen LogP contribution in [0.15, 0.2) is 36.8 Å². The number of halogens is 1. The van der Waals surface area contributed by atoms with E-state index >= 15 is 0 Å². The van der Waals surface area contributed by atoms with E-state index in [-0.39, 0.29) is 0 Å². The number of rotatable bonds is 4. The number of pyridine rings is 1. The Morgan fingerprint density at radius 1 is 1.36 bits per heavy atom. The monoisotopic (exact) mass is 409 g/mol. The molecule has 0 aliphatic heterocycles. The molecule has 22 heavy (non-hydrogen) atoms. The van der Waals surface area contributed by atoms with E-state index in [1.807, 2.05) is 34.7 Å². The summed E-state index contributed by atoms with van der Waals surface area (Å²) >= 11 is 1.82. The lowest BCUT2D eigenvalue weighted by molar-refractivity contribution is -0.138. The van der Waals surface area contributed by atoms with Gasteiger partial charge in [-0.1, -0.05) is 0 Å². The average molecular weight is 409 g/mol. The van der Waals surface area contributed by atoms with Crippen LogP contribution in [-0.4, -0.2) is 34.6 Å². The normalized spacial score (nSPS) is 13.7. The summed E-state index contributed by atoms with van der Waals surface area (Å²) in [5.74, 6) is -0.0195. The summed E-state index contributed by atoms with van der Waals surface area (Å²) in [5, 5.41) is 13.0. The van der Waals surface area contributed by atoms with Crippen molar-refractivity contribution < 1.29 is 9.90 Å². The molecular formula is C14H12IN5O2. The Kier molecular flexibility index (Phi) is 3.69. The highest BCUT2D eigenvalue weighted by Crippen LogP contribution is 2.26. The summed E-state index contributed by atoms with van der Waals surface area (Å²) in [6.07, 6.45) is 5.08. The molecule has 0 aliphatic carbocycles. The number of aromatic amines is 1. The Hall–Kier alpha value is -2.23. The molecule has 0 saturated carbocycles. The molecular weight excluding hydrogens is 397 g/mol. The Balaban J connectivity index is 2.00. The number of hydrogen-bond donors (Lipinski definition) is 3. The number of nitrogens with one attached hydrogen (secondary N) is 2. The molecule has 3 N–H and O–H groups in total. The first-order chi connectivity index (χ1) is 10.5. The first kappa shape index (κ1) is 14.7. The van der Waals surface area contributed by atoms with Crippen LogP contribution in [0.4, 0.5) is 5.82 Å². The SMILES string of the molecule is C[C@](I)(Nc1ccnc(-c2c[nH]c3ncccc23)n1)C(=O)O. The molecule has 1 atom stereocenters. The highest BCUT2D eigenvalue weighted by atomic mass is 127. The number of nitrogens with zero attached hydrogens (tertiary/aromatic N) is 3. The molecule has 7 nitrogen and oxygen atoms in total. The number of fused-ring (bicyclic) bond motifs is 1. The molecule has 3 aromatic heterocycles. The first-order valence-electron chi connectivity index (χ1n) is 6.43. The fraction of sp³-hybridized carbons (Fsp3) is 0.143. The van der Waals surface area contributed by atoms with Crippen molar-refractivity contribution in [1.82, 2.24) is 19.9 Å². The Bertz CT molecular complexity index is 846. The average Bonchev–Trinajstić information content (AvgIpc) is 2.91. The number of carbonyl (C=O) groups is 1. The van der Waals surface area contributed by atoms with Crippen molar-refractivity contribution >= 4 is 45.4 Å². The van der Waals surface area contributed by atoms with Crippen molar-refractivity contribution in [2.45, 2.75) is 10.5 Å². The summed E-state index contributed by atoms with van der Waals surface area (Å²) in [6, 6.07) is 5.40. The van der Waals surface area contributed by atoms with Crippen LogP contribution in [0, 0.1) is 0 Å². The Morgan fingerprint density at radius 3 is 2.95 bits per heavy atom. The van der Waals surface area contributed by atoms with E-state index in [1.54, 1.807) is 31.6 Å². The van der Waals surface area contributed by atoms with E-state index in [0.717, 1.165) is 16.6 Å². The predicted octanol–water partition coefficient (Wildman–Crippen LogP) is 2.67. The second-order valence-electron chi connectivity index (χ2n) is 4.80. The smallest absolute Gasteiger partial charge is 0.339 e. The summed E-state index contributed by atoms with van der Waals surface area (Å²) in [4.78, 5) is 27.1. The van der Waals surface area contributed by atoms with Crippen LogP contribution < -0.4 is 5.32 Å². The van der Waals surface area contributed by atoms with E-state index in [9.17, 15) is 9.90 Å². The summed E-state index contributed by atoms with van der Waals surface area (Å²) < 4.78 is -1.15. The largest absolute Gasteiger partial charge is 0.479 e. The minimum absolute atomic E-state index is 0.447. The third-order valence-electron chi connectivity index (χ3n) is 3.11. The van der Waals surface area contributed by atoms with Crippen LogP contribution >= 0.6 is 22.6 Å². The van der Waals surface area contributed by atoms with Crippen LogP contribution in [0.3, 0.4) is 0 Å². The quantitative estimate of drug-likeness (QED) is 0.348. The van der Waals surface area contributed by atoms with Crippen molar-refractivity contribution in [1.29, 1.82) is 0 Å². The van der Waals surface area contributed by atoms with Crippen molar-refractivity contribution in [3.8, 4) is 11.4 Å². The van der Waals surface area contributed by atoms with Crippen molar-refractivity contribution in [2.75, 3.05) is 5.32 Å². The van der Waals surface area contributed by atoms with Crippen molar-refractivity contribution in [3.05, 3.63) is 36.8 Å². The van der Waals surface area contributed by atoms with Gasteiger partial charge in [-0.2, -0.15) is 0 Å². The number of anilines is 1. The second kappa shape index (κ2) is 5.52. The van der Waals surface area contributed by atoms with Crippen LogP contribution in [0.1, 0.15) is 6.92 Å². The van der Waals surface area contributed by atoms with Crippen molar-refractivity contribution in [2.24, 2.45) is 0 Å². The van der Waals surface area contributed by atoms with Gasteiger partial charge in [0, 0.05) is 29.5 Å². The maximum Gasteiger partial charge on any atom is 0.339 e. The number of carboxylic acid groups (broad SMARTS) is 1. The third kappa shape index (κ3) is 2.73. The number of hydrogen-bond acceptors (Lipinski definition) is 5. The van der Waals surface area contributed by atoms with Gasteiger partial charge in [0.05, 0.1) is 0 Å². The van der Waals surface area contributed by atoms with E-state index < -0.39 is 9.51 Å². The molecule has 112 valence electrons. The standard InChI is InChI=1S/C14H12IN5O2/c1-14(15,13(21)22)20-10-4-6-17-12(19-10)9-7-18-11-8(9)3-2-5-16-11/h2-7H,1H3,(H,16,18)(H,21,22)(H,17,19,20)/t14-/m0/s1. The molecule has 0 saturated heterocycles. The summed E-state index contributed by atoms with van der Waals surface area (Å²) in [5.41, 5.74) is 1.57. The van der Waals surface area contributed by atoms with E-state index in [1.165, 1.54) is 0 Å². The van der Waals surface area contributed by atoms with Crippen molar-refractivity contribution in [3.63, 3.8) is 0 Å². The molecule has 8 heteroatoms. The molecule has 0 fully saturated rings. The minimum atomic E-state index is -1.15. The third-order valence-corrected chi connectivity index (χ3v) is 3.84. The van der Waals surface area contributed by atoms with Gasteiger partial charge in [0.2, 0.25) is 0 Å². The molecule has 0 aromatic carbocycles. The number of aromatic nitrogens is 4.